The van der Waals surface area contributed by atoms with Crippen molar-refractivity contribution in [2.45, 2.75) is 19.1 Å². The monoisotopic (exact) mass is 619 g/mol. The number of benzene rings is 4. The predicted octanol–water partition coefficient (Wildman–Crippen LogP) is 7.19. The van der Waals surface area contributed by atoms with Crippen LogP contribution in [0.1, 0.15) is 26.3 Å². The van der Waals surface area contributed by atoms with Crippen LogP contribution in [0.25, 0.3) is 0 Å². The van der Waals surface area contributed by atoms with Gasteiger partial charge in [-0.3, -0.25) is 4.79 Å². The van der Waals surface area contributed by atoms with E-state index in [4.69, 9.17) is 32.7 Å². The first kappa shape index (κ1) is 30.9. The average Bonchev–Trinajstić information content (AvgIpc) is 2.99. The summed E-state index contributed by atoms with van der Waals surface area (Å²) in [7, 11) is 0. The minimum Gasteiger partial charge on any atom is -0.478 e. The second kappa shape index (κ2) is 14.2. The highest BCUT2D eigenvalue weighted by atomic mass is 35.5. The molecule has 0 aromatic heterocycles. The van der Waals surface area contributed by atoms with E-state index in [0.29, 0.717) is 21.4 Å². The Kier molecular flexibility index (Phi) is 10.2. The molecule has 4 aromatic carbocycles. The first-order chi connectivity index (χ1) is 20.6. The molecular formula is C31H23Cl2N3O7. The van der Waals surface area contributed by atoms with E-state index in [1.807, 2.05) is 31.2 Å². The van der Waals surface area contributed by atoms with Gasteiger partial charge in [0.05, 0.1) is 22.5 Å². The van der Waals surface area contributed by atoms with Crippen LogP contribution < -0.4 is 5.32 Å². The Hall–Kier alpha value is -5.06. The lowest BCUT2D eigenvalue weighted by atomic mass is 10.1. The number of nitrogens with one attached hydrogen (secondary N) is 1. The highest BCUT2D eigenvalue weighted by Crippen LogP contribution is 2.22. The molecule has 4 aromatic rings. The van der Waals surface area contributed by atoms with Gasteiger partial charge < -0.3 is 19.9 Å². The van der Waals surface area contributed by atoms with E-state index in [1.165, 1.54) is 60.7 Å². The van der Waals surface area contributed by atoms with Crippen LogP contribution in [-0.4, -0.2) is 41.1 Å². The van der Waals surface area contributed by atoms with Crippen LogP contribution in [-0.2, 0) is 19.1 Å². The maximum absolute atomic E-state index is 13.3. The van der Waals surface area contributed by atoms with Crippen molar-refractivity contribution in [3.05, 3.63) is 124 Å². The van der Waals surface area contributed by atoms with Gasteiger partial charge in [0.15, 0.2) is 0 Å². The summed E-state index contributed by atoms with van der Waals surface area (Å²) in [6.45, 7) is 1.96. The molecule has 0 unspecified atom stereocenters. The second-order valence-corrected chi connectivity index (χ2v) is 9.95. The van der Waals surface area contributed by atoms with Gasteiger partial charge in [0.1, 0.15) is 0 Å². The third-order valence-electron chi connectivity index (χ3n) is 5.85. The van der Waals surface area contributed by atoms with E-state index in [2.05, 4.69) is 15.5 Å². The second-order valence-electron chi connectivity index (χ2n) is 9.08. The normalized spacial score (nSPS) is 12.3. The summed E-state index contributed by atoms with van der Waals surface area (Å²) in [6.07, 6.45) is -4.29. The van der Waals surface area contributed by atoms with E-state index < -0.39 is 36.0 Å². The molecule has 0 bridgehead atoms. The maximum Gasteiger partial charge on any atom is 0.349 e. The molecule has 0 saturated carbocycles. The Morgan fingerprint density at radius 2 is 1.07 bits per heavy atom. The lowest BCUT2D eigenvalue weighted by molar-refractivity contribution is -0.157. The summed E-state index contributed by atoms with van der Waals surface area (Å²) in [5, 5.41) is 21.4. The number of hydrogen-bond acceptors (Lipinski definition) is 8. The molecule has 2 atom stereocenters. The van der Waals surface area contributed by atoms with Crippen LogP contribution in [0.3, 0.4) is 0 Å². The lowest BCUT2D eigenvalue weighted by Gasteiger charge is -2.23. The van der Waals surface area contributed by atoms with E-state index in [-0.39, 0.29) is 16.8 Å². The molecule has 0 saturated heterocycles. The third kappa shape index (κ3) is 8.71. The molecule has 0 aliphatic heterocycles. The smallest absolute Gasteiger partial charge is 0.349 e. The first-order valence-electron chi connectivity index (χ1n) is 12.6. The number of nitrogens with zero attached hydrogens (tertiary/aromatic N) is 2. The number of hydrogen-bond donors (Lipinski definition) is 2. The van der Waals surface area contributed by atoms with Gasteiger partial charge in [-0.15, -0.1) is 0 Å². The van der Waals surface area contributed by atoms with Crippen molar-refractivity contribution >= 4 is 64.1 Å². The number of esters is 2. The number of azo groups is 1. The van der Waals surface area contributed by atoms with Crippen molar-refractivity contribution in [3.63, 3.8) is 0 Å². The van der Waals surface area contributed by atoms with Crippen molar-refractivity contribution in [2.75, 3.05) is 5.32 Å². The topological polar surface area (TPSA) is 144 Å². The highest BCUT2D eigenvalue weighted by molar-refractivity contribution is 6.31. The van der Waals surface area contributed by atoms with Gasteiger partial charge in [-0.1, -0.05) is 40.9 Å². The van der Waals surface area contributed by atoms with Crippen LogP contribution in [0.15, 0.2) is 107 Å². The van der Waals surface area contributed by atoms with Gasteiger partial charge in [-0.25, -0.2) is 14.4 Å². The summed E-state index contributed by atoms with van der Waals surface area (Å²) in [5.41, 5.74) is 2.39. The summed E-state index contributed by atoms with van der Waals surface area (Å²) < 4.78 is 10.4. The van der Waals surface area contributed by atoms with Crippen molar-refractivity contribution in [2.24, 2.45) is 10.2 Å². The molecule has 43 heavy (non-hydrogen) atoms. The molecule has 0 heterocycles. The minimum atomic E-state index is -2.21. The molecule has 4 rings (SSSR count). The molecule has 0 fully saturated rings. The first-order valence-corrected chi connectivity index (χ1v) is 13.4. The molecule has 0 aliphatic carbocycles. The summed E-state index contributed by atoms with van der Waals surface area (Å²) in [6, 6.07) is 24.5. The van der Waals surface area contributed by atoms with Crippen LogP contribution in [0.5, 0.6) is 0 Å². The number of carbonyl (C=O) groups is 4. The van der Waals surface area contributed by atoms with Crippen LogP contribution in [0.4, 0.5) is 17.1 Å². The van der Waals surface area contributed by atoms with Crippen LogP contribution >= 0.6 is 23.2 Å². The molecule has 0 aliphatic rings. The number of carbonyl (C=O) groups excluding carboxylic acids is 3. The fourth-order valence-electron chi connectivity index (χ4n) is 3.58. The SMILES string of the molecule is Cc1ccc(N=Nc2ccc(NC(=O)[C@@H](OC(=O)c3ccc(Cl)cc3)[C@@H](OC(=O)c3ccc(Cl)cc3)C(=O)O)cc2)cc1. The van der Waals surface area contributed by atoms with Crippen molar-refractivity contribution in [1.29, 1.82) is 0 Å². The van der Waals surface area contributed by atoms with Gasteiger partial charge in [0.2, 0.25) is 12.2 Å². The zero-order valence-corrected chi connectivity index (χ0v) is 24.0. The molecule has 12 heteroatoms. The van der Waals surface area contributed by atoms with Gasteiger partial charge in [-0.2, -0.15) is 10.2 Å². The molecule has 0 spiro atoms. The number of amides is 1. The number of carboxylic acids is 1. The zero-order chi connectivity index (χ0) is 30.9. The van der Waals surface area contributed by atoms with Crippen LogP contribution in [0.2, 0.25) is 10.0 Å². The van der Waals surface area contributed by atoms with E-state index in [1.54, 1.807) is 12.1 Å². The van der Waals surface area contributed by atoms with Crippen LogP contribution in [0, 0.1) is 6.92 Å². The standard InChI is InChI=1S/C31H23Cl2N3O7/c1-18-2-12-24(13-3-18)35-36-25-16-14-23(15-17-25)34-28(37)26(42-30(40)19-4-8-21(32)9-5-19)27(29(38)39)43-31(41)20-6-10-22(33)11-7-20/h2-17,26-27H,1H3,(H,34,37)(H,38,39)/t26-,27+/m0/s1. The predicted molar refractivity (Wildman–Crippen MR) is 159 cm³/mol. The third-order valence-corrected chi connectivity index (χ3v) is 6.36. The molecule has 0 radical (unpaired) electrons. The maximum atomic E-state index is 13.3. The molecular weight excluding hydrogens is 597 g/mol. The number of ether oxygens (including phenoxy) is 2. The number of halogens is 2. The summed E-state index contributed by atoms with van der Waals surface area (Å²) in [5.74, 6) is -4.91. The largest absolute Gasteiger partial charge is 0.478 e. The zero-order valence-electron chi connectivity index (χ0n) is 22.4. The van der Waals surface area contributed by atoms with Gasteiger partial charge in [-0.05, 0) is 91.9 Å². The number of anilines is 1. The summed E-state index contributed by atoms with van der Waals surface area (Å²) >= 11 is 11.7. The fraction of sp³-hybridized carbons (Fsp3) is 0.0968. The number of carboxylic acid groups (broad SMARTS) is 1. The van der Waals surface area contributed by atoms with Gasteiger partial charge in [0.25, 0.3) is 5.91 Å². The highest BCUT2D eigenvalue weighted by Gasteiger charge is 2.41. The fourth-order valence-corrected chi connectivity index (χ4v) is 3.84. The Balaban J connectivity index is 1.55. The quantitative estimate of drug-likeness (QED) is 0.141. The Morgan fingerprint density at radius 3 is 1.51 bits per heavy atom. The average molecular weight is 620 g/mol. The Morgan fingerprint density at radius 1 is 0.651 bits per heavy atom. The molecule has 218 valence electrons. The van der Waals surface area contributed by atoms with Crippen molar-refractivity contribution < 1.29 is 33.8 Å². The van der Waals surface area contributed by atoms with E-state index >= 15 is 0 Å². The number of aryl methyl sites for hydroxylation is 1. The number of rotatable bonds is 10. The molecule has 10 nitrogen and oxygen atoms in total. The lowest BCUT2D eigenvalue weighted by Crippen LogP contribution is -2.48. The van der Waals surface area contributed by atoms with Crippen molar-refractivity contribution in [1.82, 2.24) is 0 Å². The molecule has 1 amide bonds. The Bertz CT molecular complexity index is 1640. The van der Waals surface area contributed by atoms with E-state index in [0.717, 1.165) is 5.56 Å². The van der Waals surface area contributed by atoms with Gasteiger partial charge in [0, 0.05) is 15.7 Å². The Labute approximate surface area is 255 Å². The molecule has 2 N–H and O–H groups in total. The van der Waals surface area contributed by atoms with Gasteiger partial charge >= 0.3 is 17.9 Å². The number of aliphatic carboxylic acids is 1. The van der Waals surface area contributed by atoms with Crippen molar-refractivity contribution in [3.8, 4) is 0 Å². The van der Waals surface area contributed by atoms with E-state index in [9.17, 15) is 24.3 Å². The summed E-state index contributed by atoms with van der Waals surface area (Å²) in [4.78, 5) is 51.2. The minimum absolute atomic E-state index is 0.0151.